The Morgan fingerprint density at radius 2 is 2.00 bits per heavy atom. The Balaban J connectivity index is 1.58. The number of carbonyl (C=O) groups excluding carboxylic acids is 1. The van der Waals surface area contributed by atoms with Crippen LogP contribution in [0.2, 0.25) is 0 Å². The van der Waals surface area contributed by atoms with E-state index in [-0.39, 0.29) is 18.0 Å². The lowest BCUT2D eigenvalue weighted by Gasteiger charge is -2.30. The Morgan fingerprint density at radius 1 is 1.31 bits per heavy atom. The summed E-state index contributed by atoms with van der Waals surface area (Å²) in [5, 5.41) is 21.7. The highest BCUT2D eigenvalue weighted by molar-refractivity contribution is 6.20. The van der Waals surface area contributed by atoms with Gasteiger partial charge in [-0.05, 0) is 57.5 Å². The molecule has 3 rings (SSSR count). The lowest BCUT2D eigenvalue weighted by Crippen LogP contribution is -2.40. The third-order valence-electron chi connectivity index (χ3n) is 5.47. The molecule has 10 heteroatoms. The van der Waals surface area contributed by atoms with Crippen LogP contribution in [-0.4, -0.2) is 34.9 Å². The molecule has 1 aromatic heterocycles. The van der Waals surface area contributed by atoms with Gasteiger partial charge in [0.1, 0.15) is 5.69 Å². The summed E-state index contributed by atoms with van der Waals surface area (Å²) in [5.41, 5.74) is 0.378. The van der Waals surface area contributed by atoms with E-state index in [1.54, 1.807) is 19.1 Å². The van der Waals surface area contributed by atoms with Crippen molar-refractivity contribution in [1.82, 2.24) is 15.5 Å². The summed E-state index contributed by atoms with van der Waals surface area (Å²) in [5.74, 6) is -0.250. The van der Waals surface area contributed by atoms with Crippen LogP contribution in [-0.2, 0) is 11.0 Å². The lowest BCUT2D eigenvalue weighted by atomic mass is 9.90. The molecule has 0 unspecified atom stereocenters. The zero-order valence-electron chi connectivity index (χ0n) is 17.5. The molecule has 0 spiro atoms. The van der Waals surface area contributed by atoms with Gasteiger partial charge in [-0.1, -0.05) is 6.08 Å². The molecule has 0 radical (unpaired) electrons. The van der Waals surface area contributed by atoms with Crippen LogP contribution < -0.4 is 10.6 Å². The molecule has 0 atom stereocenters. The maximum Gasteiger partial charge on any atom is 0.417 e. The van der Waals surface area contributed by atoms with E-state index in [0.29, 0.717) is 48.3 Å². The number of benzene rings is 1. The van der Waals surface area contributed by atoms with Gasteiger partial charge in [-0.25, -0.2) is 0 Å². The minimum Gasteiger partial charge on any atom is -0.382 e. The number of allylic oxidation sites excluding steroid dienone is 1. The summed E-state index contributed by atoms with van der Waals surface area (Å²) < 4.78 is 39.5. The van der Waals surface area contributed by atoms with Crippen LogP contribution in [0.25, 0.3) is 5.57 Å². The van der Waals surface area contributed by atoms with Gasteiger partial charge in [-0.2, -0.15) is 23.5 Å². The first-order chi connectivity index (χ1) is 15.3. The maximum absolute atomic E-state index is 13.2. The topological polar surface area (TPSA) is 106 Å². The average molecular weight is 444 g/mol. The number of anilines is 1. The fraction of sp³-hybridized carbons (Fsp3) is 0.364. The molecule has 1 saturated carbocycles. The number of aromatic nitrogens is 2. The second-order valence-electron chi connectivity index (χ2n) is 7.53. The summed E-state index contributed by atoms with van der Waals surface area (Å²) in [7, 11) is 0. The zero-order chi connectivity index (χ0) is 23.3. The maximum atomic E-state index is 13.2. The van der Waals surface area contributed by atoms with Crippen molar-refractivity contribution >= 4 is 29.6 Å². The highest BCUT2D eigenvalue weighted by Gasteiger charge is 2.34. The number of rotatable bonds is 6. The summed E-state index contributed by atoms with van der Waals surface area (Å²) in [6.07, 6.45) is 1.29. The van der Waals surface area contributed by atoms with Gasteiger partial charge in [-0.3, -0.25) is 14.9 Å². The van der Waals surface area contributed by atoms with Crippen molar-refractivity contribution in [1.29, 1.82) is 5.26 Å². The number of nitriles is 1. The van der Waals surface area contributed by atoms with Crippen molar-refractivity contribution < 1.29 is 18.0 Å². The Morgan fingerprint density at radius 3 is 2.59 bits per heavy atom. The molecule has 1 aliphatic carbocycles. The number of nitrogens with zero attached hydrogens (tertiary/aromatic N) is 3. The fourth-order valence-corrected chi connectivity index (χ4v) is 3.83. The van der Waals surface area contributed by atoms with Crippen LogP contribution in [0.1, 0.15) is 49.4 Å². The van der Waals surface area contributed by atoms with Crippen LogP contribution >= 0.6 is 0 Å². The molecule has 1 amide bonds. The van der Waals surface area contributed by atoms with Gasteiger partial charge in [0, 0.05) is 17.8 Å². The third-order valence-corrected chi connectivity index (χ3v) is 5.47. The van der Waals surface area contributed by atoms with Crippen molar-refractivity contribution in [2.45, 2.75) is 50.9 Å². The van der Waals surface area contributed by atoms with Crippen molar-refractivity contribution in [2.75, 3.05) is 5.32 Å². The molecule has 0 saturated heterocycles. The van der Waals surface area contributed by atoms with E-state index in [9.17, 15) is 18.0 Å². The van der Waals surface area contributed by atoms with E-state index >= 15 is 0 Å². The first-order valence-electron chi connectivity index (χ1n) is 10.1. The minimum atomic E-state index is -4.59. The number of H-pyrrole nitrogens is 1. The van der Waals surface area contributed by atoms with Crippen molar-refractivity contribution in [3.63, 3.8) is 0 Å². The van der Waals surface area contributed by atoms with Gasteiger partial charge in [0.25, 0.3) is 5.91 Å². The van der Waals surface area contributed by atoms with E-state index in [1.807, 2.05) is 0 Å². The van der Waals surface area contributed by atoms with Crippen molar-refractivity contribution in [2.24, 2.45) is 4.99 Å². The summed E-state index contributed by atoms with van der Waals surface area (Å²) in [4.78, 5) is 16.6. The molecule has 0 aliphatic heterocycles. The Bertz CT molecular complexity index is 1060. The largest absolute Gasteiger partial charge is 0.417 e. The van der Waals surface area contributed by atoms with Crippen LogP contribution in [0, 0.1) is 11.3 Å². The van der Waals surface area contributed by atoms with Crippen LogP contribution in [0.4, 0.5) is 24.5 Å². The molecule has 1 heterocycles. The number of hydrogen-bond donors (Lipinski definition) is 3. The lowest BCUT2D eigenvalue weighted by molar-refractivity contribution is -0.137. The summed E-state index contributed by atoms with van der Waals surface area (Å²) >= 11 is 0. The Hall–Kier alpha value is -3.61. The number of halogens is 3. The quantitative estimate of drug-likeness (QED) is 0.448. The number of nitrogens with one attached hydrogen (secondary N) is 3. The molecule has 1 aromatic carbocycles. The Labute approximate surface area is 183 Å². The van der Waals surface area contributed by atoms with Gasteiger partial charge in [0.15, 0.2) is 0 Å². The fourth-order valence-electron chi connectivity index (χ4n) is 3.83. The zero-order valence-corrected chi connectivity index (χ0v) is 17.5. The highest BCUT2D eigenvalue weighted by Crippen LogP contribution is 2.34. The minimum absolute atomic E-state index is 0.0254. The molecule has 2 aromatic rings. The summed E-state index contributed by atoms with van der Waals surface area (Å²) in [6, 6.07) is 5.14. The van der Waals surface area contributed by atoms with E-state index in [0.717, 1.165) is 6.07 Å². The predicted molar refractivity (Wildman–Crippen MR) is 115 cm³/mol. The van der Waals surface area contributed by atoms with Crippen LogP contribution in [0.3, 0.4) is 0 Å². The number of aliphatic imine (C=N–C) groups is 1. The molecular formula is C22H23F3N6O. The number of hydrogen-bond acceptors (Lipinski definition) is 5. The SMILES string of the molecule is C=Nc1cn[nH]c1/C(=C\C)C(=O)N[C@H]1CC[C@@H](Nc2ccc(C#N)c(C(F)(F)F)c2)CC1. The van der Waals surface area contributed by atoms with Crippen molar-refractivity contribution in [3.05, 3.63) is 47.3 Å². The van der Waals surface area contributed by atoms with E-state index in [1.165, 1.54) is 18.3 Å². The van der Waals surface area contributed by atoms with Gasteiger partial charge in [0.05, 0.1) is 34.7 Å². The van der Waals surface area contributed by atoms with E-state index < -0.39 is 17.3 Å². The molecule has 168 valence electrons. The number of alkyl halides is 3. The molecular weight excluding hydrogens is 421 g/mol. The summed E-state index contributed by atoms with van der Waals surface area (Å²) in [6.45, 7) is 5.22. The molecule has 32 heavy (non-hydrogen) atoms. The van der Waals surface area contributed by atoms with Crippen LogP contribution in [0.15, 0.2) is 35.5 Å². The van der Waals surface area contributed by atoms with Gasteiger partial charge in [-0.15, -0.1) is 0 Å². The van der Waals surface area contributed by atoms with Gasteiger partial charge < -0.3 is 10.6 Å². The number of aromatic amines is 1. The predicted octanol–water partition coefficient (Wildman–Crippen LogP) is 4.58. The van der Waals surface area contributed by atoms with E-state index in [2.05, 4.69) is 32.5 Å². The number of amides is 1. The molecule has 7 nitrogen and oxygen atoms in total. The monoisotopic (exact) mass is 444 g/mol. The number of carbonyl (C=O) groups is 1. The first kappa shape index (κ1) is 23.1. The third kappa shape index (κ3) is 5.17. The highest BCUT2D eigenvalue weighted by atomic mass is 19.4. The normalized spacial score (nSPS) is 19.2. The van der Waals surface area contributed by atoms with Gasteiger partial charge >= 0.3 is 6.18 Å². The second-order valence-corrected chi connectivity index (χ2v) is 7.53. The van der Waals surface area contributed by atoms with Gasteiger partial charge in [0.2, 0.25) is 0 Å². The van der Waals surface area contributed by atoms with E-state index in [4.69, 9.17) is 5.26 Å². The molecule has 1 fully saturated rings. The second kappa shape index (κ2) is 9.68. The standard InChI is InChI=1S/C22H23F3N6O/c1-3-17(20-19(27-2)12-28-31-20)21(32)30-15-8-6-14(7-9-15)29-16-5-4-13(11-26)18(10-16)22(23,24)25/h3-5,10,12,14-15,29H,2,6-9H2,1H3,(H,28,31)(H,30,32)/b17-3+/t14-,15+. The molecule has 1 aliphatic rings. The van der Waals surface area contributed by atoms with Crippen LogP contribution in [0.5, 0.6) is 0 Å². The molecule has 3 N–H and O–H groups in total. The van der Waals surface area contributed by atoms with Crippen molar-refractivity contribution in [3.8, 4) is 6.07 Å². The Kier molecular flexibility index (Phi) is 6.98. The first-order valence-corrected chi connectivity index (χ1v) is 10.1. The smallest absolute Gasteiger partial charge is 0.382 e. The average Bonchev–Trinajstić information content (AvgIpc) is 3.23. The molecule has 0 bridgehead atoms.